The minimum atomic E-state index is -1.99. The highest BCUT2D eigenvalue weighted by Crippen LogP contribution is 2.41. The lowest BCUT2D eigenvalue weighted by atomic mass is 9.85. The number of nitrogens with one attached hydrogen (secondary N) is 3. The van der Waals surface area contributed by atoms with Crippen LogP contribution in [0.2, 0.25) is 0 Å². The van der Waals surface area contributed by atoms with E-state index in [4.69, 9.17) is 18.9 Å². The van der Waals surface area contributed by atoms with Gasteiger partial charge in [-0.2, -0.15) is 0 Å². The number of hydrogen-bond donors (Lipinski definition) is 4. The number of carbonyl (C=O) groups excluding carboxylic acids is 4. The summed E-state index contributed by atoms with van der Waals surface area (Å²) in [6.07, 6.45) is 4.22. The van der Waals surface area contributed by atoms with E-state index in [-0.39, 0.29) is 69.7 Å². The standard InChI is InChI=1S/C51H61FN8O10S/c1-29-44(71-28-55-29)30-8-9-31(20-54-46(63)39-19-34(61)24-60(39)48(65)45(50(2,3)4)57-49(66)51(52)11-12-51)40(16-30)70-15-14-69-27-43(62)56-33-22-59(23-33)26-38-41(67-6)17-32(18-42(38)68-7)37-25-58(5)47(64)36-21-53-13-10-35(36)37/h8-10,13,16-18,21,25,28,33-34,39,45,61H,11-12,14-15,19-20,22-24,26-27H2,1-7H3,(H,54,63)(H,56,62)(H,57,66)/t34-,39+,45-/m1/s1. The van der Waals surface area contributed by atoms with Gasteiger partial charge in [0.2, 0.25) is 17.7 Å². The molecule has 4 N–H and O–H groups in total. The Labute approximate surface area is 414 Å². The summed E-state index contributed by atoms with van der Waals surface area (Å²) >= 11 is 1.48. The highest BCUT2D eigenvalue weighted by atomic mass is 32.1. The highest BCUT2D eigenvalue weighted by Gasteiger charge is 2.53. The van der Waals surface area contributed by atoms with Crippen LogP contribution in [0.25, 0.3) is 32.3 Å². The molecule has 3 fully saturated rings. The maximum atomic E-state index is 14.7. The SMILES string of the molecule is COc1cc(-c2cn(C)c(=O)c3cnccc23)cc(OC)c1CN1CC(NC(=O)COCCOc2cc(-c3scnc3C)ccc2CNC(=O)[C@@H]2C[C@@H](O)CN2C(=O)[C@@H](NC(=O)C2(F)CC2)C(C)(C)C)C1. The second-order valence-electron chi connectivity index (χ2n) is 19.5. The normalized spacial score (nSPS) is 18.1. The molecule has 0 radical (unpaired) electrons. The van der Waals surface area contributed by atoms with Crippen molar-refractivity contribution in [3.63, 3.8) is 0 Å². The van der Waals surface area contributed by atoms with Gasteiger partial charge in [0, 0.05) is 75.9 Å². The third-order valence-corrected chi connectivity index (χ3v) is 14.2. The number of thiazole rings is 1. The predicted molar refractivity (Wildman–Crippen MR) is 264 cm³/mol. The third kappa shape index (κ3) is 11.4. The van der Waals surface area contributed by atoms with Crippen LogP contribution in [0.5, 0.6) is 17.2 Å². The van der Waals surface area contributed by atoms with E-state index in [1.165, 1.54) is 20.8 Å². The topological polar surface area (TPSA) is 216 Å². The summed E-state index contributed by atoms with van der Waals surface area (Å²) in [7, 11) is 4.92. The van der Waals surface area contributed by atoms with Crippen molar-refractivity contribution in [2.24, 2.45) is 12.5 Å². The summed E-state index contributed by atoms with van der Waals surface area (Å²) in [5.74, 6) is -0.463. The average Bonchev–Trinajstić information content (AvgIpc) is 3.74. The maximum Gasteiger partial charge on any atom is 0.259 e. The van der Waals surface area contributed by atoms with Gasteiger partial charge >= 0.3 is 0 Å². The number of halogens is 1. The number of methoxy groups -OCH3 is 2. The maximum absolute atomic E-state index is 14.7. The molecule has 0 bridgehead atoms. The molecule has 18 nitrogen and oxygen atoms in total. The monoisotopic (exact) mass is 996 g/mol. The summed E-state index contributed by atoms with van der Waals surface area (Å²) < 4.78 is 39.8. The van der Waals surface area contributed by atoms with E-state index in [1.54, 1.807) is 66.1 Å². The van der Waals surface area contributed by atoms with Crippen molar-refractivity contribution in [2.45, 2.75) is 89.9 Å². The summed E-state index contributed by atoms with van der Waals surface area (Å²) in [6.45, 7) is 8.77. The van der Waals surface area contributed by atoms with E-state index in [9.17, 15) is 33.5 Å². The van der Waals surface area contributed by atoms with Crippen LogP contribution in [-0.4, -0.2) is 137 Å². The number of benzene rings is 2. The first-order valence-corrected chi connectivity index (χ1v) is 24.5. The predicted octanol–water partition coefficient (Wildman–Crippen LogP) is 4.06. The van der Waals surface area contributed by atoms with Gasteiger partial charge in [0.05, 0.1) is 60.0 Å². The molecule has 3 aliphatic rings. The van der Waals surface area contributed by atoms with E-state index in [0.29, 0.717) is 47.8 Å². The van der Waals surface area contributed by atoms with Crippen LogP contribution in [0.15, 0.2) is 65.3 Å². The Kier molecular flexibility index (Phi) is 15.1. The summed E-state index contributed by atoms with van der Waals surface area (Å²) in [6, 6.07) is 9.04. The van der Waals surface area contributed by atoms with Gasteiger partial charge < -0.3 is 49.5 Å². The van der Waals surface area contributed by atoms with E-state index >= 15 is 0 Å². The number of hydrogen-bond acceptors (Lipinski definition) is 14. The van der Waals surface area contributed by atoms with Crippen LogP contribution in [0.4, 0.5) is 4.39 Å². The van der Waals surface area contributed by atoms with Crippen molar-refractivity contribution in [3.05, 3.63) is 87.7 Å². The average molecular weight is 997 g/mol. The number of fused-ring (bicyclic) bond motifs is 1. The number of amides is 4. The Bertz CT molecular complexity index is 2850. The first kappa shape index (κ1) is 50.9. The summed E-state index contributed by atoms with van der Waals surface area (Å²) in [4.78, 5) is 79.1. The van der Waals surface area contributed by atoms with Gasteiger partial charge in [-0.1, -0.05) is 32.9 Å². The van der Waals surface area contributed by atoms with Gasteiger partial charge in [-0.25, -0.2) is 9.37 Å². The molecule has 20 heteroatoms. The number of nitrogens with zero attached hydrogens (tertiary/aromatic N) is 5. The Morgan fingerprint density at radius 1 is 0.986 bits per heavy atom. The zero-order chi connectivity index (χ0) is 50.8. The van der Waals surface area contributed by atoms with Crippen LogP contribution < -0.4 is 35.7 Å². The molecule has 3 aromatic heterocycles. The number of β-amino-alcohol motifs (C(OH)–C–C–N with tert-alkyl or cyclic N) is 1. The first-order valence-electron chi connectivity index (χ1n) is 23.6. The first-order chi connectivity index (χ1) is 33.9. The van der Waals surface area contributed by atoms with E-state index in [2.05, 4.69) is 30.8 Å². The van der Waals surface area contributed by atoms with Crippen molar-refractivity contribution in [2.75, 3.05) is 53.7 Å². The largest absolute Gasteiger partial charge is 0.496 e. The molecule has 2 aliphatic heterocycles. The Morgan fingerprint density at radius 2 is 1.70 bits per heavy atom. The molecule has 5 heterocycles. The zero-order valence-corrected chi connectivity index (χ0v) is 41.8. The molecule has 1 saturated carbocycles. The van der Waals surface area contributed by atoms with Crippen LogP contribution in [-0.2, 0) is 44.1 Å². The molecular weight excluding hydrogens is 936 g/mol. The fourth-order valence-electron chi connectivity index (χ4n) is 9.07. The van der Waals surface area contributed by atoms with Crippen LogP contribution in [0.3, 0.4) is 0 Å². The van der Waals surface area contributed by atoms with E-state index < -0.39 is 47.0 Å². The Morgan fingerprint density at radius 3 is 2.37 bits per heavy atom. The fourth-order valence-corrected chi connectivity index (χ4v) is 9.87. The number of aromatic nitrogens is 3. The highest BCUT2D eigenvalue weighted by molar-refractivity contribution is 7.13. The van der Waals surface area contributed by atoms with Crippen LogP contribution >= 0.6 is 11.3 Å². The van der Waals surface area contributed by atoms with E-state index in [1.807, 2.05) is 43.3 Å². The molecule has 71 heavy (non-hydrogen) atoms. The fraction of sp³-hybridized carbons (Fsp3) is 0.471. The second-order valence-corrected chi connectivity index (χ2v) is 20.4. The van der Waals surface area contributed by atoms with Gasteiger partial charge in [0.15, 0.2) is 5.67 Å². The smallest absolute Gasteiger partial charge is 0.259 e. The summed E-state index contributed by atoms with van der Waals surface area (Å²) in [5.41, 5.74) is 3.67. The molecule has 5 aromatic rings. The molecule has 1 aliphatic carbocycles. The van der Waals surface area contributed by atoms with Crippen LogP contribution in [0.1, 0.15) is 56.9 Å². The molecule has 3 atom stereocenters. The van der Waals surface area contributed by atoms with Crippen molar-refractivity contribution in [1.29, 1.82) is 0 Å². The minimum absolute atomic E-state index is 0.0103. The van der Waals surface area contributed by atoms with Gasteiger partial charge in [0.1, 0.15) is 42.5 Å². The molecule has 0 spiro atoms. The number of pyridine rings is 2. The van der Waals surface area contributed by atoms with Crippen molar-refractivity contribution in [1.82, 2.24) is 40.3 Å². The van der Waals surface area contributed by atoms with Gasteiger partial charge in [-0.15, -0.1) is 11.3 Å². The number of aliphatic hydroxyl groups is 1. The van der Waals surface area contributed by atoms with Gasteiger partial charge in [0.25, 0.3) is 11.5 Å². The molecule has 4 amide bonds. The minimum Gasteiger partial charge on any atom is -0.496 e. The third-order valence-electron chi connectivity index (χ3n) is 13.2. The molecular formula is C51H61FN8O10S. The second kappa shape index (κ2) is 21.1. The van der Waals surface area contributed by atoms with Crippen LogP contribution in [0, 0.1) is 12.3 Å². The number of aryl methyl sites for hydroxylation is 2. The number of aliphatic hydroxyl groups excluding tert-OH is 1. The lowest BCUT2D eigenvalue weighted by Gasteiger charge is -2.40. The van der Waals surface area contributed by atoms with Gasteiger partial charge in [-0.05, 0) is 66.0 Å². The van der Waals surface area contributed by atoms with Crippen molar-refractivity contribution >= 4 is 45.7 Å². The molecule has 378 valence electrons. The van der Waals surface area contributed by atoms with E-state index in [0.717, 1.165) is 38.2 Å². The molecule has 2 saturated heterocycles. The Hall–Kier alpha value is -6.48. The lowest BCUT2D eigenvalue weighted by Crippen LogP contribution is -2.59. The zero-order valence-electron chi connectivity index (χ0n) is 41.0. The number of rotatable bonds is 19. The number of ether oxygens (including phenoxy) is 4. The quantitative estimate of drug-likeness (QED) is 0.0861. The number of carbonyl (C=O) groups is 4. The Balaban J connectivity index is 0.835. The number of alkyl halides is 1. The van der Waals surface area contributed by atoms with Crippen molar-refractivity contribution < 1.29 is 47.6 Å². The number of likely N-dealkylation sites (tertiary alicyclic amines) is 2. The summed E-state index contributed by atoms with van der Waals surface area (Å²) in [5, 5.41) is 20.4. The lowest BCUT2D eigenvalue weighted by molar-refractivity contribution is -0.145. The molecule has 2 aromatic carbocycles. The molecule has 0 unspecified atom stereocenters. The molecule has 8 rings (SSSR count). The van der Waals surface area contributed by atoms with Crippen molar-refractivity contribution in [3.8, 4) is 38.8 Å². The van der Waals surface area contributed by atoms with Gasteiger partial charge in [-0.3, -0.25) is 33.9 Å².